The molecule has 1 heterocycles. The average Bonchev–Trinajstić information content (AvgIpc) is 2.64. The molecule has 16 heavy (non-hydrogen) atoms. The predicted molar refractivity (Wildman–Crippen MR) is 60.5 cm³/mol. The summed E-state index contributed by atoms with van der Waals surface area (Å²) in [5, 5.41) is 9.29. The molecule has 4 heteroatoms. The first-order chi connectivity index (χ1) is 7.67. The smallest absolute Gasteiger partial charge is 0.127 e. The second-order valence-corrected chi connectivity index (χ2v) is 4.44. The van der Waals surface area contributed by atoms with Crippen LogP contribution in [0.25, 0.3) is 0 Å². The van der Waals surface area contributed by atoms with Crippen molar-refractivity contribution in [1.82, 2.24) is 4.90 Å². The van der Waals surface area contributed by atoms with E-state index in [1.54, 1.807) is 6.07 Å². The Morgan fingerprint density at radius 3 is 2.88 bits per heavy atom. The number of phenols is 1. The van der Waals surface area contributed by atoms with E-state index in [-0.39, 0.29) is 11.6 Å². The summed E-state index contributed by atoms with van der Waals surface area (Å²) < 4.78 is 13.0. The van der Waals surface area contributed by atoms with Crippen LogP contribution in [0.5, 0.6) is 5.75 Å². The molecular formula is C12H17FN2O. The highest BCUT2D eigenvalue weighted by Crippen LogP contribution is 2.20. The molecule has 2 rings (SSSR count). The number of likely N-dealkylation sites (tertiary alicyclic amines) is 1. The van der Waals surface area contributed by atoms with Gasteiger partial charge in [0.05, 0.1) is 0 Å². The van der Waals surface area contributed by atoms with Crippen molar-refractivity contribution in [3.8, 4) is 5.75 Å². The zero-order chi connectivity index (χ0) is 11.5. The van der Waals surface area contributed by atoms with Crippen LogP contribution in [0.1, 0.15) is 12.0 Å². The first-order valence-electron chi connectivity index (χ1n) is 5.58. The lowest BCUT2D eigenvalue weighted by atomic mass is 10.1. The van der Waals surface area contributed by atoms with E-state index >= 15 is 0 Å². The van der Waals surface area contributed by atoms with Crippen molar-refractivity contribution in [1.29, 1.82) is 0 Å². The van der Waals surface area contributed by atoms with Gasteiger partial charge in [-0.2, -0.15) is 0 Å². The van der Waals surface area contributed by atoms with Gasteiger partial charge in [0.25, 0.3) is 0 Å². The van der Waals surface area contributed by atoms with Crippen LogP contribution >= 0.6 is 0 Å². The summed E-state index contributed by atoms with van der Waals surface area (Å²) in [6, 6.07) is 4.20. The summed E-state index contributed by atoms with van der Waals surface area (Å²) in [5.41, 5.74) is 6.43. The van der Waals surface area contributed by atoms with Crippen molar-refractivity contribution in [2.24, 2.45) is 11.7 Å². The number of rotatable bonds is 3. The van der Waals surface area contributed by atoms with Gasteiger partial charge in [-0.15, -0.1) is 0 Å². The van der Waals surface area contributed by atoms with Gasteiger partial charge in [-0.05, 0) is 43.1 Å². The highest BCUT2D eigenvalue weighted by molar-refractivity contribution is 5.28. The largest absolute Gasteiger partial charge is 0.508 e. The molecule has 1 unspecified atom stereocenters. The van der Waals surface area contributed by atoms with Crippen LogP contribution in [-0.2, 0) is 6.54 Å². The third kappa shape index (κ3) is 2.71. The molecule has 1 aromatic rings. The van der Waals surface area contributed by atoms with Crippen molar-refractivity contribution in [2.75, 3.05) is 19.6 Å². The topological polar surface area (TPSA) is 49.5 Å². The minimum atomic E-state index is -0.385. The Morgan fingerprint density at radius 2 is 2.25 bits per heavy atom. The molecule has 0 aromatic heterocycles. The van der Waals surface area contributed by atoms with E-state index in [0.717, 1.165) is 31.1 Å². The molecule has 1 atom stereocenters. The first-order valence-corrected chi connectivity index (χ1v) is 5.58. The number of nitrogens with two attached hydrogens (primary N) is 1. The maximum atomic E-state index is 13.0. The summed E-state index contributed by atoms with van der Waals surface area (Å²) in [4.78, 5) is 2.24. The molecule has 3 N–H and O–H groups in total. The van der Waals surface area contributed by atoms with Crippen LogP contribution in [0.2, 0.25) is 0 Å². The monoisotopic (exact) mass is 224 g/mol. The van der Waals surface area contributed by atoms with E-state index < -0.39 is 0 Å². The minimum Gasteiger partial charge on any atom is -0.508 e. The third-order valence-corrected chi connectivity index (χ3v) is 3.05. The lowest BCUT2D eigenvalue weighted by molar-refractivity contribution is 0.316. The highest BCUT2D eigenvalue weighted by Gasteiger charge is 2.21. The molecule has 1 aliphatic heterocycles. The summed E-state index contributed by atoms with van der Waals surface area (Å²) >= 11 is 0. The second kappa shape index (κ2) is 4.80. The van der Waals surface area contributed by atoms with Gasteiger partial charge in [-0.3, -0.25) is 4.90 Å². The van der Waals surface area contributed by atoms with Crippen molar-refractivity contribution < 1.29 is 9.50 Å². The maximum absolute atomic E-state index is 13.0. The standard InChI is InChI=1S/C12H17FN2O/c13-11-3-10(4-12(16)5-11)8-15-2-1-9(6-14)7-15/h3-5,9,16H,1-2,6-8,14H2. The Morgan fingerprint density at radius 1 is 1.44 bits per heavy atom. The van der Waals surface area contributed by atoms with Crippen molar-refractivity contribution in [2.45, 2.75) is 13.0 Å². The Bertz CT molecular complexity index is 350. The number of hydrogen-bond acceptors (Lipinski definition) is 3. The zero-order valence-electron chi connectivity index (χ0n) is 9.19. The van der Waals surface area contributed by atoms with Crippen molar-refractivity contribution >= 4 is 0 Å². The maximum Gasteiger partial charge on any atom is 0.127 e. The highest BCUT2D eigenvalue weighted by atomic mass is 19.1. The van der Waals surface area contributed by atoms with Crippen LogP contribution in [-0.4, -0.2) is 29.6 Å². The van der Waals surface area contributed by atoms with Crippen LogP contribution in [0.3, 0.4) is 0 Å². The fraction of sp³-hybridized carbons (Fsp3) is 0.500. The molecule has 1 fully saturated rings. The van der Waals surface area contributed by atoms with Gasteiger partial charge in [0.15, 0.2) is 0 Å². The lowest BCUT2D eigenvalue weighted by Gasteiger charge is -2.15. The van der Waals surface area contributed by atoms with Gasteiger partial charge in [0.2, 0.25) is 0 Å². The fourth-order valence-corrected chi connectivity index (χ4v) is 2.23. The quantitative estimate of drug-likeness (QED) is 0.814. The first kappa shape index (κ1) is 11.4. The lowest BCUT2D eigenvalue weighted by Crippen LogP contribution is -2.22. The van der Waals surface area contributed by atoms with Crippen LogP contribution in [0.15, 0.2) is 18.2 Å². The minimum absolute atomic E-state index is 0.00966. The predicted octanol–water partition coefficient (Wildman–Crippen LogP) is 1.31. The molecule has 1 saturated heterocycles. The number of aromatic hydroxyl groups is 1. The Labute approximate surface area is 94.7 Å². The molecule has 0 amide bonds. The van der Waals surface area contributed by atoms with Gasteiger partial charge in [-0.1, -0.05) is 0 Å². The molecule has 0 saturated carbocycles. The van der Waals surface area contributed by atoms with Crippen LogP contribution in [0, 0.1) is 11.7 Å². The summed E-state index contributed by atoms with van der Waals surface area (Å²) in [7, 11) is 0. The third-order valence-electron chi connectivity index (χ3n) is 3.05. The summed E-state index contributed by atoms with van der Waals surface area (Å²) in [6.45, 7) is 3.36. The van der Waals surface area contributed by atoms with Crippen molar-refractivity contribution in [3.05, 3.63) is 29.6 Å². The molecule has 0 radical (unpaired) electrons. The van der Waals surface area contributed by atoms with E-state index in [9.17, 15) is 9.50 Å². The molecule has 0 aliphatic carbocycles. The molecule has 88 valence electrons. The summed E-state index contributed by atoms with van der Waals surface area (Å²) in [5.74, 6) is 0.163. The van der Waals surface area contributed by atoms with E-state index in [1.807, 2.05) is 0 Å². The van der Waals surface area contributed by atoms with Gasteiger partial charge in [-0.25, -0.2) is 4.39 Å². The SMILES string of the molecule is NCC1CCN(Cc2cc(O)cc(F)c2)C1. The molecule has 3 nitrogen and oxygen atoms in total. The molecule has 1 aliphatic rings. The fourth-order valence-electron chi connectivity index (χ4n) is 2.23. The Hall–Kier alpha value is -1.13. The van der Waals surface area contributed by atoms with E-state index in [4.69, 9.17) is 5.73 Å². The van der Waals surface area contributed by atoms with Crippen molar-refractivity contribution in [3.63, 3.8) is 0 Å². The number of halogens is 1. The number of benzene rings is 1. The average molecular weight is 224 g/mol. The number of hydrogen-bond donors (Lipinski definition) is 2. The van der Waals surface area contributed by atoms with Gasteiger partial charge >= 0.3 is 0 Å². The van der Waals surface area contributed by atoms with Crippen LogP contribution < -0.4 is 5.73 Å². The normalized spacial score (nSPS) is 21.5. The van der Waals surface area contributed by atoms with E-state index in [0.29, 0.717) is 19.0 Å². The van der Waals surface area contributed by atoms with Gasteiger partial charge in [0.1, 0.15) is 11.6 Å². The van der Waals surface area contributed by atoms with Gasteiger partial charge < -0.3 is 10.8 Å². The van der Waals surface area contributed by atoms with Gasteiger partial charge in [0, 0.05) is 19.2 Å². The molecular weight excluding hydrogens is 207 g/mol. The van der Waals surface area contributed by atoms with E-state index in [2.05, 4.69) is 4.90 Å². The second-order valence-electron chi connectivity index (χ2n) is 4.44. The Balaban J connectivity index is 1.99. The number of nitrogens with zero attached hydrogens (tertiary/aromatic N) is 1. The molecule has 0 spiro atoms. The Kier molecular flexibility index (Phi) is 3.41. The number of phenolic OH excluding ortho intramolecular Hbond substituents is 1. The van der Waals surface area contributed by atoms with Crippen LogP contribution in [0.4, 0.5) is 4.39 Å². The molecule has 0 bridgehead atoms. The van der Waals surface area contributed by atoms with E-state index in [1.165, 1.54) is 6.07 Å². The zero-order valence-corrected chi connectivity index (χ0v) is 9.19. The summed E-state index contributed by atoms with van der Waals surface area (Å²) in [6.07, 6.45) is 1.11. The molecule has 1 aromatic carbocycles.